The van der Waals surface area contributed by atoms with Gasteiger partial charge in [0.2, 0.25) is 5.79 Å². The Balaban J connectivity index is 2.00. The van der Waals surface area contributed by atoms with Gasteiger partial charge in [-0.05, 0) is 38.5 Å². The maximum atomic E-state index is 11.8. The zero-order valence-electron chi connectivity index (χ0n) is 18.7. The summed E-state index contributed by atoms with van der Waals surface area (Å²) in [5, 5.41) is 39.0. The summed E-state index contributed by atoms with van der Waals surface area (Å²) in [5.74, 6) is -2.70. The number of allylic oxidation sites excluding steroid dienone is 6. The van der Waals surface area contributed by atoms with Crippen molar-refractivity contribution in [2.75, 3.05) is 13.2 Å². The highest BCUT2D eigenvalue weighted by molar-refractivity contribution is 5.69. The van der Waals surface area contributed by atoms with Gasteiger partial charge < -0.3 is 29.9 Å². The van der Waals surface area contributed by atoms with Gasteiger partial charge in [-0.3, -0.25) is 4.79 Å². The van der Waals surface area contributed by atoms with E-state index in [9.17, 15) is 25.2 Å². The molecule has 1 saturated heterocycles. The fraction of sp³-hybridized carbons (Fsp3) is 0.708. The first-order valence-corrected chi connectivity index (χ1v) is 11.4. The summed E-state index contributed by atoms with van der Waals surface area (Å²) in [6, 6.07) is 0. The van der Waals surface area contributed by atoms with Gasteiger partial charge in [0.1, 0.15) is 24.9 Å². The average molecular weight is 441 g/mol. The minimum Gasteiger partial charge on any atom is -0.460 e. The molecular weight excluding hydrogens is 400 g/mol. The quantitative estimate of drug-likeness (QED) is 0.176. The molecule has 1 heterocycles. The Morgan fingerprint density at radius 2 is 1.58 bits per heavy atom. The Morgan fingerprint density at radius 1 is 0.968 bits per heavy atom. The Labute approximate surface area is 186 Å². The molecule has 1 aliphatic heterocycles. The predicted octanol–water partition coefficient (Wildman–Crippen LogP) is 2.92. The molecule has 7 heteroatoms. The molecule has 0 aromatic rings. The van der Waals surface area contributed by atoms with Gasteiger partial charge in [0.05, 0.1) is 6.61 Å². The van der Waals surface area contributed by atoms with Crippen molar-refractivity contribution in [2.45, 2.75) is 95.2 Å². The van der Waals surface area contributed by atoms with Gasteiger partial charge in [-0.25, -0.2) is 0 Å². The van der Waals surface area contributed by atoms with Crippen LogP contribution >= 0.6 is 0 Å². The number of hydrogen-bond acceptors (Lipinski definition) is 7. The van der Waals surface area contributed by atoms with Crippen LogP contribution in [0.25, 0.3) is 0 Å². The van der Waals surface area contributed by atoms with Crippen LogP contribution in [0.5, 0.6) is 0 Å². The van der Waals surface area contributed by atoms with Crippen molar-refractivity contribution < 1.29 is 34.7 Å². The van der Waals surface area contributed by atoms with Crippen LogP contribution in [0, 0.1) is 0 Å². The van der Waals surface area contributed by atoms with Crippen LogP contribution in [-0.2, 0) is 14.3 Å². The molecule has 0 unspecified atom stereocenters. The first-order chi connectivity index (χ1) is 14.9. The van der Waals surface area contributed by atoms with E-state index in [4.69, 9.17) is 9.47 Å². The van der Waals surface area contributed by atoms with Gasteiger partial charge in [-0.15, -0.1) is 0 Å². The maximum absolute atomic E-state index is 11.8. The predicted molar refractivity (Wildman–Crippen MR) is 119 cm³/mol. The van der Waals surface area contributed by atoms with Crippen LogP contribution in [0.1, 0.15) is 71.1 Å². The van der Waals surface area contributed by atoms with Crippen molar-refractivity contribution in [2.24, 2.45) is 0 Å². The SMILES string of the molecule is CCC=CCC=CCC=CCCCCCCCC(=O)OC[C@]1(O)OC[C@@H](O)[C@@H](O)[C@@H]1O. The molecule has 0 radical (unpaired) electrons. The number of hydrogen-bond donors (Lipinski definition) is 4. The molecule has 0 saturated carbocycles. The Bertz CT molecular complexity index is 572. The molecule has 0 bridgehead atoms. The third kappa shape index (κ3) is 11.6. The van der Waals surface area contributed by atoms with E-state index in [1.807, 2.05) is 0 Å². The van der Waals surface area contributed by atoms with E-state index in [0.717, 1.165) is 51.4 Å². The van der Waals surface area contributed by atoms with Gasteiger partial charge in [-0.2, -0.15) is 0 Å². The second-order valence-corrected chi connectivity index (χ2v) is 7.92. The smallest absolute Gasteiger partial charge is 0.305 e. The highest BCUT2D eigenvalue weighted by Crippen LogP contribution is 2.24. The van der Waals surface area contributed by atoms with Crippen LogP contribution < -0.4 is 0 Å². The van der Waals surface area contributed by atoms with Crippen LogP contribution in [0.3, 0.4) is 0 Å². The van der Waals surface area contributed by atoms with Crippen LogP contribution in [0.15, 0.2) is 36.5 Å². The first-order valence-electron chi connectivity index (χ1n) is 11.4. The lowest BCUT2D eigenvalue weighted by molar-refractivity contribution is -0.332. The van der Waals surface area contributed by atoms with E-state index in [2.05, 4.69) is 43.4 Å². The monoisotopic (exact) mass is 440 g/mol. The summed E-state index contributed by atoms with van der Waals surface area (Å²) < 4.78 is 9.92. The number of rotatable bonds is 15. The van der Waals surface area contributed by atoms with Crippen molar-refractivity contribution in [3.8, 4) is 0 Å². The summed E-state index contributed by atoms with van der Waals surface area (Å²) in [6.07, 6.45) is 17.7. The van der Waals surface area contributed by atoms with Crippen molar-refractivity contribution in [3.63, 3.8) is 0 Å². The molecule has 0 aromatic carbocycles. The van der Waals surface area contributed by atoms with Crippen molar-refractivity contribution >= 4 is 5.97 Å². The molecule has 1 aliphatic rings. The molecule has 178 valence electrons. The molecule has 31 heavy (non-hydrogen) atoms. The van der Waals surface area contributed by atoms with E-state index in [0.29, 0.717) is 6.42 Å². The number of unbranched alkanes of at least 4 members (excludes halogenated alkanes) is 5. The second-order valence-electron chi connectivity index (χ2n) is 7.92. The number of ether oxygens (including phenoxy) is 2. The van der Waals surface area contributed by atoms with Crippen LogP contribution in [0.4, 0.5) is 0 Å². The summed E-state index contributed by atoms with van der Waals surface area (Å²) in [6.45, 7) is 1.19. The lowest BCUT2D eigenvalue weighted by atomic mass is 9.97. The van der Waals surface area contributed by atoms with Gasteiger partial charge in [0.15, 0.2) is 0 Å². The third-order valence-electron chi connectivity index (χ3n) is 5.16. The van der Waals surface area contributed by atoms with Crippen molar-refractivity contribution in [1.29, 1.82) is 0 Å². The van der Waals surface area contributed by atoms with E-state index < -0.39 is 36.7 Å². The minimum absolute atomic E-state index is 0.219. The fourth-order valence-electron chi connectivity index (χ4n) is 3.16. The number of carbonyl (C=O) groups excluding carboxylic acids is 1. The van der Waals surface area contributed by atoms with E-state index in [-0.39, 0.29) is 13.0 Å². The number of aliphatic hydroxyl groups is 4. The molecule has 4 atom stereocenters. The topological polar surface area (TPSA) is 116 Å². The molecule has 0 aromatic heterocycles. The maximum Gasteiger partial charge on any atom is 0.305 e. The molecular formula is C24H40O7. The Kier molecular flexibility index (Phi) is 14.4. The highest BCUT2D eigenvalue weighted by atomic mass is 16.7. The van der Waals surface area contributed by atoms with Gasteiger partial charge in [-0.1, -0.05) is 62.6 Å². The number of aliphatic hydroxyl groups excluding tert-OH is 3. The molecule has 0 aliphatic carbocycles. The summed E-state index contributed by atoms with van der Waals surface area (Å²) in [7, 11) is 0. The van der Waals surface area contributed by atoms with Gasteiger partial charge in [0.25, 0.3) is 0 Å². The molecule has 0 amide bonds. The minimum atomic E-state index is -2.20. The standard InChI is InChI=1S/C24H40O7/c1-2-3-4-5-6-7-8-9-10-11-12-13-14-15-16-17-21(26)30-19-24(29)23(28)22(27)20(25)18-31-24/h3-4,6-7,9-10,20,22-23,25,27-29H,2,5,8,11-19H2,1H3/t20-,22-,23+,24+/m1/s1. The normalized spacial score (nSPS) is 26.9. The lowest BCUT2D eigenvalue weighted by Gasteiger charge is -2.40. The van der Waals surface area contributed by atoms with Crippen molar-refractivity contribution in [3.05, 3.63) is 36.5 Å². The molecule has 7 nitrogen and oxygen atoms in total. The summed E-state index contributed by atoms with van der Waals surface area (Å²) >= 11 is 0. The van der Waals surface area contributed by atoms with E-state index in [1.54, 1.807) is 0 Å². The highest BCUT2D eigenvalue weighted by Gasteiger charge is 2.49. The second kappa shape index (κ2) is 16.2. The van der Waals surface area contributed by atoms with Crippen LogP contribution in [-0.4, -0.2) is 63.7 Å². The third-order valence-corrected chi connectivity index (χ3v) is 5.16. The van der Waals surface area contributed by atoms with Crippen LogP contribution in [0.2, 0.25) is 0 Å². The van der Waals surface area contributed by atoms with Gasteiger partial charge >= 0.3 is 5.97 Å². The Hall–Kier alpha value is -1.51. The molecule has 1 rings (SSSR count). The lowest BCUT2D eigenvalue weighted by Crippen LogP contribution is -2.63. The average Bonchev–Trinajstić information content (AvgIpc) is 2.76. The van der Waals surface area contributed by atoms with Gasteiger partial charge in [0, 0.05) is 6.42 Å². The first kappa shape index (κ1) is 27.5. The zero-order valence-corrected chi connectivity index (χ0v) is 18.7. The Morgan fingerprint density at radius 3 is 2.29 bits per heavy atom. The molecule has 1 fully saturated rings. The van der Waals surface area contributed by atoms with E-state index in [1.165, 1.54) is 0 Å². The molecule has 4 N–H and O–H groups in total. The zero-order chi connectivity index (χ0) is 23.0. The number of esters is 1. The molecule has 0 spiro atoms. The van der Waals surface area contributed by atoms with Crippen molar-refractivity contribution in [1.82, 2.24) is 0 Å². The van der Waals surface area contributed by atoms with E-state index >= 15 is 0 Å². The number of carbonyl (C=O) groups is 1. The fourth-order valence-corrected chi connectivity index (χ4v) is 3.16. The summed E-state index contributed by atoms with van der Waals surface area (Å²) in [4.78, 5) is 11.8. The largest absolute Gasteiger partial charge is 0.460 e. The summed E-state index contributed by atoms with van der Waals surface area (Å²) in [5.41, 5.74) is 0.